The van der Waals surface area contributed by atoms with Gasteiger partial charge in [0.05, 0.1) is 50.6 Å². The highest BCUT2D eigenvalue weighted by Gasteiger charge is 2.32. The number of alkyl halides is 3. The smallest absolute Gasteiger partial charge is 0.308 e. The molecule has 0 saturated carbocycles. The highest BCUT2D eigenvalue weighted by atomic mass is 19.4. The average Bonchev–Trinajstić information content (AvgIpc) is 4.16. The Bertz CT molecular complexity index is 4030. The summed E-state index contributed by atoms with van der Waals surface area (Å²) in [6.45, 7) is 18.7. The lowest BCUT2D eigenvalue weighted by molar-refractivity contribution is -0.137. The summed E-state index contributed by atoms with van der Waals surface area (Å²) in [5.74, 6) is 0. The lowest BCUT2D eigenvalue weighted by Crippen LogP contribution is -2.08. The molecule has 0 N–H and O–H groups in total. The molecule has 0 aliphatic rings. The summed E-state index contributed by atoms with van der Waals surface area (Å²) in [6, 6.07) is 62.6. The maximum absolute atomic E-state index is 15.2. The van der Waals surface area contributed by atoms with Gasteiger partial charge >= 0.3 is 6.18 Å². The van der Waals surface area contributed by atoms with Crippen molar-refractivity contribution in [3.05, 3.63) is 237 Å². The first-order valence-corrected chi connectivity index (χ1v) is 26.2. The molecule has 12 aromatic rings. The third-order valence-electron chi connectivity index (χ3n) is 15.7. The Balaban J connectivity index is 1.22. The van der Waals surface area contributed by atoms with Crippen LogP contribution in [-0.2, 0) is 6.18 Å². The number of aromatic nitrogens is 2. The molecule has 0 bridgehead atoms. The van der Waals surface area contributed by atoms with Crippen LogP contribution in [0.5, 0.6) is 0 Å². The van der Waals surface area contributed by atoms with Crippen LogP contribution in [-0.4, -0.2) is 9.13 Å². The van der Waals surface area contributed by atoms with Crippen LogP contribution >= 0.6 is 0 Å². The van der Waals surface area contributed by atoms with Gasteiger partial charge in [0.1, 0.15) is 0 Å². The highest BCUT2D eigenvalue weighted by molar-refractivity contribution is 6.14. The molecule has 0 radical (unpaired) electrons. The number of fused-ring (bicyclic) bond motifs is 6. The molecule has 0 fully saturated rings. The predicted molar refractivity (Wildman–Crippen MR) is 315 cm³/mol. The zero-order chi connectivity index (χ0) is 53.8. The van der Waals surface area contributed by atoms with Crippen molar-refractivity contribution in [1.82, 2.24) is 9.13 Å². The first-order valence-electron chi connectivity index (χ1n) is 26.2. The normalized spacial score (nSPS) is 11.9. The fraction of sp³-hybridized carbons (Fsp3) is 0.141. The van der Waals surface area contributed by atoms with Crippen LogP contribution < -0.4 is 0 Å². The van der Waals surface area contributed by atoms with E-state index in [0.29, 0.717) is 33.6 Å². The number of benzene rings is 10. The van der Waals surface area contributed by atoms with E-state index in [1.807, 2.05) is 18.2 Å². The Morgan fingerprint density at radius 2 is 0.662 bits per heavy atom. The summed E-state index contributed by atoms with van der Waals surface area (Å²) in [5.41, 5.74) is 23.7. The van der Waals surface area contributed by atoms with Crippen molar-refractivity contribution in [1.29, 1.82) is 5.26 Å². The molecule has 10 aromatic carbocycles. The lowest BCUT2D eigenvalue weighted by atomic mass is 9.94. The minimum Gasteiger partial charge on any atom is -0.308 e. The van der Waals surface area contributed by atoms with E-state index in [4.69, 9.17) is 0 Å². The number of rotatable bonds is 7. The third kappa shape index (κ3) is 8.48. The minimum atomic E-state index is -4.63. The van der Waals surface area contributed by atoms with Gasteiger partial charge in [-0.2, -0.15) is 18.4 Å². The van der Waals surface area contributed by atoms with Gasteiger partial charge < -0.3 is 9.13 Å². The number of halogens is 3. The van der Waals surface area contributed by atoms with E-state index in [9.17, 15) is 5.26 Å². The van der Waals surface area contributed by atoms with E-state index in [2.05, 4.69) is 216 Å². The molecule has 77 heavy (non-hydrogen) atoms. The van der Waals surface area contributed by atoms with Crippen LogP contribution in [0.15, 0.2) is 176 Å². The zero-order valence-corrected chi connectivity index (χ0v) is 44.7. The Morgan fingerprint density at radius 3 is 0.948 bits per heavy atom. The molecule has 0 atom stereocenters. The molecule has 0 unspecified atom stereocenters. The standard InChI is InChI=1S/C71H56F3N3/c1-40-10-18-56(45(6)26-40)50-14-22-64-60(35-50)61-36-51(57-19-11-41(2)27-46(57)7)15-23-65(61)76(64)68-32-49(39-75)33-69(70(68)54-30-44(5)31-55(34-54)71(72,73)74)77-66-24-16-52(58-20-12-42(3)28-47(58)8)37-62(66)63-38-53(17-25-67(63)77)59-21-13-43(4)29-48(59)9/h10-38H,1-9H3. The molecule has 6 heteroatoms. The summed E-state index contributed by atoms with van der Waals surface area (Å²) in [7, 11) is 0. The van der Waals surface area contributed by atoms with E-state index in [1.165, 1.54) is 34.4 Å². The topological polar surface area (TPSA) is 33.6 Å². The minimum absolute atomic E-state index is 0.366. The SMILES string of the molecule is Cc1cc(-c2c(-n3c4ccc(-c5ccc(C)cc5C)cc4c4cc(-c5ccc(C)cc5C)ccc43)cc(C#N)cc2-n2c3ccc(-c4ccc(C)cc4C)cc3c3cc(-c4ccc(C)cc4C)ccc32)cc(C(F)(F)F)c1. The molecule has 0 spiro atoms. The monoisotopic (exact) mass is 1010 g/mol. The number of nitriles is 1. The van der Waals surface area contributed by atoms with Crippen molar-refractivity contribution in [3.8, 4) is 73.1 Å². The molecule has 0 aliphatic heterocycles. The van der Waals surface area contributed by atoms with Crippen LogP contribution in [0.2, 0.25) is 0 Å². The molecule has 2 aromatic heterocycles. The van der Waals surface area contributed by atoms with Gasteiger partial charge in [0.25, 0.3) is 0 Å². The largest absolute Gasteiger partial charge is 0.416 e. The lowest BCUT2D eigenvalue weighted by Gasteiger charge is -2.22. The summed E-state index contributed by atoms with van der Waals surface area (Å²) in [4.78, 5) is 0. The fourth-order valence-corrected chi connectivity index (χ4v) is 12.2. The first-order chi connectivity index (χ1) is 36.9. The number of aryl methyl sites for hydroxylation is 9. The van der Waals surface area contributed by atoms with Crippen LogP contribution in [0.4, 0.5) is 13.2 Å². The molecule has 0 amide bonds. The summed E-state index contributed by atoms with van der Waals surface area (Å²) < 4.78 is 50.0. The summed E-state index contributed by atoms with van der Waals surface area (Å²) in [5, 5.41) is 15.1. The number of hydrogen-bond donors (Lipinski definition) is 0. The van der Waals surface area contributed by atoms with Crippen molar-refractivity contribution >= 4 is 43.6 Å². The molecular weight excluding hydrogens is 952 g/mol. The molecule has 2 heterocycles. The zero-order valence-electron chi connectivity index (χ0n) is 44.7. The average molecular weight is 1010 g/mol. The van der Waals surface area contributed by atoms with Crippen LogP contribution in [0.1, 0.15) is 61.2 Å². The maximum atomic E-state index is 15.2. The van der Waals surface area contributed by atoms with Crippen LogP contribution in [0, 0.1) is 73.6 Å². The summed E-state index contributed by atoms with van der Waals surface area (Å²) >= 11 is 0. The third-order valence-corrected chi connectivity index (χ3v) is 15.7. The van der Waals surface area contributed by atoms with Gasteiger partial charge in [-0.05, 0) is 213 Å². The van der Waals surface area contributed by atoms with E-state index >= 15 is 13.2 Å². The fourth-order valence-electron chi connectivity index (χ4n) is 12.2. The van der Waals surface area contributed by atoms with Gasteiger partial charge in [0, 0.05) is 27.1 Å². The van der Waals surface area contributed by atoms with E-state index in [-0.39, 0.29) is 0 Å². The first kappa shape index (κ1) is 49.0. The van der Waals surface area contributed by atoms with Crippen molar-refractivity contribution in [2.45, 2.75) is 68.5 Å². The Morgan fingerprint density at radius 1 is 0.338 bits per heavy atom. The van der Waals surface area contributed by atoms with Crippen molar-refractivity contribution in [2.75, 3.05) is 0 Å². The van der Waals surface area contributed by atoms with E-state index in [0.717, 1.165) is 110 Å². The van der Waals surface area contributed by atoms with E-state index in [1.54, 1.807) is 6.92 Å². The van der Waals surface area contributed by atoms with Crippen molar-refractivity contribution in [3.63, 3.8) is 0 Å². The second-order valence-electron chi connectivity index (χ2n) is 21.5. The predicted octanol–water partition coefficient (Wildman–Crippen LogP) is 19.9. The number of hydrogen-bond acceptors (Lipinski definition) is 1. The molecule has 0 saturated heterocycles. The van der Waals surface area contributed by atoms with Gasteiger partial charge in [0.2, 0.25) is 0 Å². The highest BCUT2D eigenvalue weighted by Crippen LogP contribution is 2.47. The van der Waals surface area contributed by atoms with Gasteiger partial charge in [0.15, 0.2) is 0 Å². The summed E-state index contributed by atoms with van der Waals surface area (Å²) in [6.07, 6.45) is -4.63. The second-order valence-corrected chi connectivity index (χ2v) is 21.5. The van der Waals surface area contributed by atoms with Crippen molar-refractivity contribution < 1.29 is 13.2 Å². The van der Waals surface area contributed by atoms with Crippen molar-refractivity contribution in [2.24, 2.45) is 0 Å². The van der Waals surface area contributed by atoms with Gasteiger partial charge in [-0.1, -0.05) is 125 Å². The van der Waals surface area contributed by atoms with Crippen LogP contribution in [0.25, 0.3) is 111 Å². The maximum Gasteiger partial charge on any atom is 0.416 e. The Hall–Kier alpha value is -8.92. The molecule has 12 rings (SSSR count). The van der Waals surface area contributed by atoms with Gasteiger partial charge in [-0.25, -0.2) is 0 Å². The second kappa shape index (κ2) is 18.4. The van der Waals surface area contributed by atoms with Gasteiger partial charge in [-0.3, -0.25) is 0 Å². The molecule has 376 valence electrons. The molecule has 3 nitrogen and oxygen atoms in total. The molecular formula is C71H56F3N3. The van der Waals surface area contributed by atoms with Crippen LogP contribution in [0.3, 0.4) is 0 Å². The quantitative estimate of drug-likeness (QED) is 0.157. The Labute approximate surface area is 447 Å². The van der Waals surface area contributed by atoms with E-state index < -0.39 is 11.7 Å². The molecule has 0 aliphatic carbocycles. The van der Waals surface area contributed by atoms with Gasteiger partial charge in [-0.15, -0.1) is 0 Å². The number of nitrogens with zero attached hydrogens (tertiary/aromatic N) is 3. The Kier molecular flexibility index (Phi) is 11.7.